The molecule has 0 saturated carbocycles. The summed E-state index contributed by atoms with van der Waals surface area (Å²) in [7, 11) is 0. The van der Waals surface area contributed by atoms with Crippen LogP contribution in [0.5, 0.6) is 0 Å². The summed E-state index contributed by atoms with van der Waals surface area (Å²) in [6.07, 6.45) is 3.46. The molecule has 180 valence electrons. The second kappa shape index (κ2) is 12.8. The van der Waals surface area contributed by atoms with Gasteiger partial charge >= 0.3 is 0 Å². The highest BCUT2D eigenvalue weighted by molar-refractivity contribution is 6.31. The lowest BCUT2D eigenvalue weighted by atomic mass is 9.86. The van der Waals surface area contributed by atoms with Crippen molar-refractivity contribution in [2.45, 2.75) is 84.7 Å². The minimum atomic E-state index is -0.520. The van der Waals surface area contributed by atoms with E-state index in [4.69, 9.17) is 11.6 Å². The van der Waals surface area contributed by atoms with Crippen molar-refractivity contribution in [3.05, 3.63) is 70.2 Å². The van der Waals surface area contributed by atoms with E-state index in [1.165, 1.54) is 5.56 Å². The molecule has 0 fully saturated rings. The van der Waals surface area contributed by atoms with Gasteiger partial charge in [-0.2, -0.15) is 0 Å². The van der Waals surface area contributed by atoms with E-state index >= 15 is 0 Å². The fourth-order valence-electron chi connectivity index (χ4n) is 3.80. The van der Waals surface area contributed by atoms with Crippen LogP contribution in [0.1, 0.15) is 77.0 Å². The highest BCUT2D eigenvalue weighted by Crippen LogP contribution is 2.23. The van der Waals surface area contributed by atoms with Gasteiger partial charge in [-0.05, 0) is 47.4 Å². The Balaban J connectivity index is 2.17. The first-order valence-electron chi connectivity index (χ1n) is 12.1. The first kappa shape index (κ1) is 26.9. The predicted molar refractivity (Wildman–Crippen MR) is 137 cm³/mol. The molecule has 0 aliphatic heterocycles. The van der Waals surface area contributed by atoms with Gasteiger partial charge in [-0.3, -0.25) is 9.59 Å². The summed E-state index contributed by atoms with van der Waals surface area (Å²) in [5, 5.41) is 3.60. The van der Waals surface area contributed by atoms with E-state index in [0.717, 1.165) is 24.0 Å². The van der Waals surface area contributed by atoms with Crippen LogP contribution in [-0.4, -0.2) is 29.3 Å². The van der Waals surface area contributed by atoms with Gasteiger partial charge in [-0.25, -0.2) is 0 Å². The summed E-state index contributed by atoms with van der Waals surface area (Å²) in [5.74, 6) is -0.131. The molecule has 2 aromatic carbocycles. The first-order chi connectivity index (χ1) is 15.7. The molecule has 0 aliphatic rings. The van der Waals surface area contributed by atoms with Crippen molar-refractivity contribution >= 4 is 23.4 Å². The predicted octanol–water partition coefficient (Wildman–Crippen LogP) is 6.29. The smallest absolute Gasteiger partial charge is 0.242 e. The number of hydrogen-bond acceptors (Lipinski definition) is 2. The van der Waals surface area contributed by atoms with Crippen LogP contribution in [-0.2, 0) is 28.0 Å². The van der Waals surface area contributed by atoms with Gasteiger partial charge in [0.15, 0.2) is 0 Å². The maximum absolute atomic E-state index is 13.4. The highest BCUT2D eigenvalue weighted by Gasteiger charge is 2.28. The second-order valence-electron chi connectivity index (χ2n) is 9.63. The van der Waals surface area contributed by atoms with Crippen LogP contribution in [0.25, 0.3) is 0 Å². The number of hydrogen-bond donors (Lipinski definition) is 1. The summed E-state index contributed by atoms with van der Waals surface area (Å²) in [4.78, 5) is 28.0. The number of aryl methyl sites for hydroxylation is 1. The van der Waals surface area contributed by atoms with E-state index in [-0.39, 0.29) is 17.2 Å². The van der Waals surface area contributed by atoms with Crippen molar-refractivity contribution in [2.24, 2.45) is 0 Å². The van der Waals surface area contributed by atoms with Gasteiger partial charge in [0.05, 0.1) is 0 Å². The monoisotopic (exact) mass is 470 g/mol. The molecule has 0 unspecified atom stereocenters. The van der Waals surface area contributed by atoms with Crippen molar-refractivity contribution in [1.82, 2.24) is 10.2 Å². The number of carbonyl (C=O) groups excluding carboxylic acids is 2. The quantitative estimate of drug-likeness (QED) is 0.392. The average molecular weight is 471 g/mol. The lowest BCUT2D eigenvalue weighted by Crippen LogP contribution is -2.49. The van der Waals surface area contributed by atoms with E-state index in [1.807, 2.05) is 31.2 Å². The number of amides is 2. The molecule has 2 amide bonds. The third-order valence-corrected chi connectivity index (χ3v) is 6.33. The van der Waals surface area contributed by atoms with Crippen molar-refractivity contribution < 1.29 is 9.59 Å². The van der Waals surface area contributed by atoms with E-state index in [2.05, 4.69) is 57.3 Å². The van der Waals surface area contributed by atoms with Crippen LogP contribution < -0.4 is 5.32 Å². The molecule has 0 saturated heterocycles. The molecular weight excluding hydrogens is 432 g/mol. The van der Waals surface area contributed by atoms with E-state index in [0.29, 0.717) is 37.4 Å². The Hall–Kier alpha value is -2.33. The number of nitrogens with zero attached hydrogens (tertiary/aromatic N) is 1. The Morgan fingerprint density at radius 3 is 2.27 bits per heavy atom. The molecule has 4 nitrogen and oxygen atoms in total. The average Bonchev–Trinajstić information content (AvgIpc) is 2.78. The summed E-state index contributed by atoms with van der Waals surface area (Å²) < 4.78 is 0. The largest absolute Gasteiger partial charge is 0.354 e. The van der Waals surface area contributed by atoms with Crippen LogP contribution in [0, 0.1) is 0 Å². The summed E-state index contributed by atoms with van der Waals surface area (Å²) in [6, 6.07) is 15.5. The van der Waals surface area contributed by atoms with Crippen LogP contribution >= 0.6 is 11.6 Å². The zero-order chi connectivity index (χ0) is 24.4. The van der Waals surface area contributed by atoms with Crippen LogP contribution in [0.15, 0.2) is 48.5 Å². The van der Waals surface area contributed by atoms with Crippen LogP contribution in [0.2, 0.25) is 5.02 Å². The minimum absolute atomic E-state index is 0.0349. The van der Waals surface area contributed by atoms with Gasteiger partial charge in [0.2, 0.25) is 11.8 Å². The Labute approximate surface area is 204 Å². The molecule has 0 bridgehead atoms. The van der Waals surface area contributed by atoms with E-state index in [1.54, 1.807) is 4.90 Å². The third kappa shape index (κ3) is 8.19. The Morgan fingerprint density at radius 1 is 1.03 bits per heavy atom. The van der Waals surface area contributed by atoms with Gasteiger partial charge < -0.3 is 10.2 Å². The molecule has 5 heteroatoms. The van der Waals surface area contributed by atoms with Gasteiger partial charge in [-0.1, -0.05) is 95.1 Å². The normalized spacial score (nSPS) is 12.3. The maximum Gasteiger partial charge on any atom is 0.242 e. The van der Waals surface area contributed by atoms with Crippen LogP contribution in [0.4, 0.5) is 0 Å². The van der Waals surface area contributed by atoms with Gasteiger partial charge in [0.1, 0.15) is 6.04 Å². The molecule has 0 aromatic heterocycles. The molecule has 2 aromatic rings. The lowest BCUT2D eigenvalue weighted by Gasteiger charge is -2.31. The lowest BCUT2D eigenvalue weighted by molar-refractivity contribution is -0.141. The molecule has 2 rings (SSSR count). The fourth-order valence-corrected chi connectivity index (χ4v) is 4.00. The maximum atomic E-state index is 13.4. The number of nitrogens with one attached hydrogen (secondary N) is 1. The number of halogens is 1. The van der Waals surface area contributed by atoms with Crippen molar-refractivity contribution in [3.63, 3.8) is 0 Å². The Bertz CT molecular complexity index is 903. The summed E-state index contributed by atoms with van der Waals surface area (Å²) in [6.45, 7) is 11.5. The fraction of sp³-hybridized carbons (Fsp3) is 0.500. The molecule has 0 spiro atoms. The highest BCUT2D eigenvalue weighted by atomic mass is 35.5. The third-order valence-electron chi connectivity index (χ3n) is 5.96. The second-order valence-corrected chi connectivity index (χ2v) is 10.0. The summed E-state index contributed by atoms with van der Waals surface area (Å²) in [5.41, 5.74) is 3.34. The van der Waals surface area contributed by atoms with Gasteiger partial charge in [-0.15, -0.1) is 0 Å². The Morgan fingerprint density at radius 2 is 1.70 bits per heavy atom. The molecule has 1 atom stereocenters. The molecule has 1 N–H and O–H groups in total. The minimum Gasteiger partial charge on any atom is -0.354 e. The molecule has 33 heavy (non-hydrogen) atoms. The molecule has 0 heterocycles. The number of unbranched alkanes of at least 4 members (excludes halogenated alkanes) is 1. The first-order valence-corrected chi connectivity index (χ1v) is 12.4. The molecule has 0 radical (unpaired) electrons. The number of benzene rings is 2. The SMILES string of the molecule is CCCCNC(=O)[C@@H](CC)N(Cc1ccccc1Cl)C(=O)CCc1ccc(C(C)(C)C)cc1. The van der Waals surface area contributed by atoms with E-state index < -0.39 is 6.04 Å². The topological polar surface area (TPSA) is 49.4 Å². The van der Waals surface area contributed by atoms with Crippen LogP contribution in [0.3, 0.4) is 0 Å². The zero-order valence-electron chi connectivity index (χ0n) is 20.8. The summed E-state index contributed by atoms with van der Waals surface area (Å²) >= 11 is 6.39. The Kier molecular flexibility index (Phi) is 10.4. The molecule has 0 aliphatic carbocycles. The van der Waals surface area contributed by atoms with E-state index in [9.17, 15) is 9.59 Å². The van der Waals surface area contributed by atoms with Gasteiger partial charge in [0.25, 0.3) is 0 Å². The van der Waals surface area contributed by atoms with Crippen molar-refractivity contribution in [3.8, 4) is 0 Å². The standard InChI is InChI=1S/C28H39ClN2O2/c1-6-8-19-30-27(33)25(7-2)31(20-22-11-9-10-12-24(22)29)26(32)18-15-21-13-16-23(17-14-21)28(3,4)5/h9-14,16-17,25H,6-8,15,18-20H2,1-5H3,(H,30,33)/t25-/m1/s1. The van der Waals surface area contributed by atoms with Crippen molar-refractivity contribution in [2.75, 3.05) is 6.54 Å². The zero-order valence-corrected chi connectivity index (χ0v) is 21.5. The van der Waals surface area contributed by atoms with Gasteiger partial charge in [0, 0.05) is 24.5 Å². The number of carbonyl (C=O) groups is 2. The molecular formula is C28H39ClN2O2. The number of rotatable bonds is 11. The van der Waals surface area contributed by atoms with Crippen molar-refractivity contribution in [1.29, 1.82) is 0 Å².